The first kappa shape index (κ1) is 11.9. The zero-order chi connectivity index (χ0) is 12.5. The van der Waals surface area contributed by atoms with Crippen molar-refractivity contribution in [3.05, 3.63) is 59.7 Å². The molecule has 0 atom stereocenters. The van der Waals surface area contributed by atoms with E-state index in [-0.39, 0.29) is 7.92 Å². The molecule has 0 nitrogen and oxygen atoms in total. The highest BCUT2D eigenvalue weighted by Gasteiger charge is 2.37. The van der Waals surface area contributed by atoms with E-state index in [1.54, 1.807) is 11.1 Å². The Morgan fingerprint density at radius 3 is 1.67 bits per heavy atom. The molecule has 0 heterocycles. The van der Waals surface area contributed by atoms with Crippen LogP contribution in [0.1, 0.15) is 30.6 Å². The average molecular weight is 255 g/mol. The van der Waals surface area contributed by atoms with Gasteiger partial charge in [-0.1, -0.05) is 48.5 Å². The molecule has 1 aliphatic rings. The fourth-order valence-corrected chi connectivity index (χ4v) is 5.95. The number of fused-ring (bicyclic) bond motifs is 3. The molecule has 0 unspecified atom stereocenters. The molecule has 2 aromatic rings. The van der Waals surface area contributed by atoms with E-state index in [9.17, 15) is 0 Å². The Bertz CT molecular complexity index is 510. The van der Waals surface area contributed by atoms with Crippen molar-refractivity contribution in [3.63, 3.8) is 0 Å². The van der Waals surface area contributed by atoms with Crippen LogP contribution in [0.4, 0.5) is 0 Å². The van der Waals surface area contributed by atoms with Crippen LogP contribution in [0.3, 0.4) is 0 Å². The molecule has 0 saturated heterocycles. The highest BCUT2D eigenvalue weighted by molar-refractivity contribution is 7.58. The maximum absolute atomic E-state index is 2.36. The summed E-state index contributed by atoms with van der Waals surface area (Å²) < 4.78 is 0. The minimum absolute atomic E-state index is 0.325. The van der Waals surface area contributed by atoms with Gasteiger partial charge in [0.05, 0.1) is 12.3 Å². The Hall–Kier alpha value is -1.13. The van der Waals surface area contributed by atoms with Gasteiger partial charge in [-0.15, -0.1) is 0 Å². The van der Waals surface area contributed by atoms with Crippen LogP contribution in [0.2, 0.25) is 0 Å². The first-order chi connectivity index (χ1) is 8.86. The molecule has 0 aromatic heterocycles. The molecule has 0 bridgehead atoms. The van der Waals surface area contributed by atoms with Crippen molar-refractivity contribution in [1.82, 2.24) is 0 Å². The number of hydrogen-bond donors (Lipinski definition) is 0. The summed E-state index contributed by atoms with van der Waals surface area (Å²) in [5.74, 6) is 0. The summed E-state index contributed by atoms with van der Waals surface area (Å²) in [5.41, 5.74) is 6.81. The molecule has 0 N–H and O–H groups in total. The molecule has 0 fully saturated rings. The van der Waals surface area contributed by atoms with E-state index in [4.69, 9.17) is 0 Å². The van der Waals surface area contributed by atoms with E-state index < -0.39 is 0 Å². The van der Waals surface area contributed by atoms with Gasteiger partial charge in [0.25, 0.3) is 0 Å². The van der Waals surface area contributed by atoms with E-state index in [0.717, 1.165) is 0 Å². The fraction of sp³-hybridized carbons (Fsp3) is 0.294. The van der Waals surface area contributed by atoms with Gasteiger partial charge in [0.1, 0.15) is 5.66 Å². The first-order valence-electron chi connectivity index (χ1n) is 6.89. The van der Waals surface area contributed by atoms with Crippen LogP contribution in [0, 0.1) is 0 Å². The van der Waals surface area contributed by atoms with Gasteiger partial charge in [-0.2, -0.15) is 0 Å². The topological polar surface area (TPSA) is 0 Å². The summed E-state index contributed by atoms with van der Waals surface area (Å²) in [4.78, 5) is 0. The van der Waals surface area contributed by atoms with E-state index in [0.29, 0.717) is 5.66 Å². The third-order valence-electron chi connectivity index (χ3n) is 4.15. The highest BCUT2D eigenvalue weighted by atomic mass is 31.1. The van der Waals surface area contributed by atoms with E-state index in [2.05, 4.69) is 62.4 Å². The Balaban J connectivity index is 2.20. The van der Waals surface area contributed by atoms with Gasteiger partial charge in [0, 0.05) is 19.0 Å². The number of rotatable bonds is 3. The third kappa shape index (κ3) is 1.71. The van der Waals surface area contributed by atoms with Crippen molar-refractivity contribution in [3.8, 4) is 11.1 Å². The predicted octanol–water partition coefficient (Wildman–Crippen LogP) is 5.01. The first-order valence-corrected chi connectivity index (χ1v) is 8.88. The molecule has 0 radical (unpaired) electrons. The summed E-state index contributed by atoms with van der Waals surface area (Å²) >= 11 is 0. The van der Waals surface area contributed by atoms with Crippen LogP contribution < -0.4 is 0 Å². The Morgan fingerprint density at radius 1 is 0.778 bits per heavy atom. The van der Waals surface area contributed by atoms with Gasteiger partial charge in [-0.25, -0.2) is 0 Å². The van der Waals surface area contributed by atoms with Gasteiger partial charge in [0.2, 0.25) is 0 Å². The molecule has 0 aliphatic heterocycles. The molecule has 3 rings (SSSR count). The molecule has 2 aromatic carbocycles. The lowest BCUT2D eigenvalue weighted by Crippen LogP contribution is -1.98. The SMILES string of the molecule is CC[PH+](CC)C1c2ccccc2-c2ccccc21. The van der Waals surface area contributed by atoms with Crippen LogP contribution in [0.25, 0.3) is 11.1 Å². The van der Waals surface area contributed by atoms with Crippen molar-refractivity contribution < 1.29 is 0 Å². The Morgan fingerprint density at radius 2 is 1.22 bits per heavy atom. The van der Waals surface area contributed by atoms with Crippen molar-refractivity contribution >= 4 is 7.92 Å². The molecule has 0 saturated carbocycles. The zero-order valence-corrected chi connectivity index (χ0v) is 12.1. The third-order valence-corrected chi connectivity index (χ3v) is 7.41. The van der Waals surface area contributed by atoms with Crippen LogP contribution >= 0.6 is 7.92 Å². The molecule has 92 valence electrons. The monoisotopic (exact) mass is 255 g/mol. The van der Waals surface area contributed by atoms with Crippen LogP contribution in [-0.2, 0) is 0 Å². The van der Waals surface area contributed by atoms with Crippen molar-refractivity contribution in [2.75, 3.05) is 12.3 Å². The van der Waals surface area contributed by atoms with E-state index >= 15 is 0 Å². The summed E-state index contributed by atoms with van der Waals surface area (Å²) in [6.45, 7) is 4.72. The summed E-state index contributed by atoms with van der Waals surface area (Å²) in [5, 5.41) is 0. The predicted molar refractivity (Wildman–Crippen MR) is 83.1 cm³/mol. The second kappa shape index (κ2) is 4.86. The van der Waals surface area contributed by atoms with Crippen molar-refractivity contribution in [2.24, 2.45) is 0 Å². The largest absolute Gasteiger partial charge is 0.118 e. The smallest absolute Gasteiger partial charge is 0.0618 e. The molecule has 1 heteroatoms. The molecular formula is C17H20P+. The zero-order valence-electron chi connectivity index (χ0n) is 11.1. The van der Waals surface area contributed by atoms with Gasteiger partial charge >= 0.3 is 0 Å². The van der Waals surface area contributed by atoms with E-state index in [1.165, 1.54) is 23.5 Å². The van der Waals surface area contributed by atoms with Gasteiger partial charge < -0.3 is 0 Å². The second-order valence-electron chi connectivity index (χ2n) is 4.97. The molecular weight excluding hydrogens is 235 g/mol. The van der Waals surface area contributed by atoms with Crippen LogP contribution in [-0.4, -0.2) is 12.3 Å². The fourth-order valence-electron chi connectivity index (χ4n) is 3.25. The average Bonchev–Trinajstić information content (AvgIpc) is 2.76. The van der Waals surface area contributed by atoms with Crippen molar-refractivity contribution in [2.45, 2.75) is 19.5 Å². The van der Waals surface area contributed by atoms with Crippen molar-refractivity contribution in [1.29, 1.82) is 0 Å². The number of benzene rings is 2. The quantitative estimate of drug-likeness (QED) is 0.676. The number of hydrogen-bond acceptors (Lipinski definition) is 0. The molecule has 18 heavy (non-hydrogen) atoms. The van der Waals surface area contributed by atoms with Crippen LogP contribution in [0.5, 0.6) is 0 Å². The minimum atomic E-state index is -0.325. The van der Waals surface area contributed by atoms with Crippen LogP contribution in [0.15, 0.2) is 48.5 Å². The Kier molecular flexibility index (Phi) is 3.22. The lowest BCUT2D eigenvalue weighted by molar-refractivity contribution is 1.16. The van der Waals surface area contributed by atoms with E-state index in [1.807, 2.05) is 0 Å². The maximum atomic E-state index is 2.36. The normalized spacial score (nSPS) is 13.7. The second-order valence-corrected chi connectivity index (χ2v) is 8.28. The molecule has 0 amide bonds. The Labute approximate surface area is 111 Å². The molecule has 1 aliphatic carbocycles. The van der Waals surface area contributed by atoms with Gasteiger partial charge in [0.15, 0.2) is 0 Å². The summed E-state index contributed by atoms with van der Waals surface area (Å²) in [6, 6.07) is 18.0. The maximum Gasteiger partial charge on any atom is 0.118 e. The lowest BCUT2D eigenvalue weighted by atomic mass is 10.1. The van der Waals surface area contributed by atoms with Gasteiger partial charge in [-0.3, -0.25) is 0 Å². The summed E-state index contributed by atoms with van der Waals surface area (Å²) in [6.07, 6.45) is 2.71. The highest BCUT2D eigenvalue weighted by Crippen LogP contribution is 2.61. The lowest BCUT2D eigenvalue weighted by Gasteiger charge is -2.16. The standard InChI is InChI=1S/C17H19P/c1-3-18(4-2)17-15-11-7-5-9-13(15)14-10-6-8-12-16(14)17/h5-12,17H,3-4H2,1-2H3/p+1. The summed E-state index contributed by atoms with van der Waals surface area (Å²) in [7, 11) is -0.325. The molecule has 0 spiro atoms. The van der Waals surface area contributed by atoms with Gasteiger partial charge in [-0.05, 0) is 25.0 Å². The minimum Gasteiger partial charge on any atom is -0.0618 e.